The highest BCUT2D eigenvalue weighted by atomic mass is 16.5. The van der Waals surface area contributed by atoms with E-state index in [2.05, 4.69) is 10.1 Å². The molecular weight excluding hydrogens is 234 g/mol. The topological polar surface area (TPSA) is 69.4 Å². The highest BCUT2D eigenvalue weighted by molar-refractivity contribution is 5.44. The normalized spacial score (nSPS) is 17.3. The van der Waals surface area contributed by atoms with Crippen molar-refractivity contribution < 1.29 is 14.6 Å². The summed E-state index contributed by atoms with van der Waals surface area (Å²) in [5.41, 5.74) is 0.806. The molecule has 1 unspecified atom stereocenters. The highest BCUT2D eigenvalue weighted by Crippen LogP contribution is 2.35. The molecule has 0 amide bonds. The summed E-state index contributed by atoms with van der Waals surface area (Å²) in [6.45, 7) is 0.653. The molecule has 0 spiro atoms. The highest BCUT2D eigenvalue weighted by Gasteiger charge is 2.22. The average Bonchev–Trinajstić information content (AvgIpc) is 2.94. The van der Waals surface area contributed by atoms with Crippen molar-refractivity contribution in [3.63, 3.8) is 0 Å². The molecule has 0 radical (unpaired) electrons. The summed E-state index contributed by atoms with van der Waals surface area (Å²) in [7, 11) is 1.81. The number of aromatic nitrogens is 3. The van der Waals surface area contributed by atoms with Crippen molar-refractivity contribution >= 4 is 0 Å². The monoisotopic (exact) mass is 247 g/mol. The first-order valence-corrected chi connectivity index (χ1v) is 5.64. The second-order valence-corrected chi connectivity index (χ2v) is 4.11. The zero-order valence-corrected chi connectivity index (χ0v) is 9.91. The average molecular weight is 247 g/mol. The van der Waals surface area contributed by atoms with E-state index < -0.39 is 6.10 Å². The zero-order chi connectivity index (χ0) is 12.5. The van der Waals surface area contributed by atoms with Crippen LogP contribution in [0.25, 0.3) is 0 Å². The number of nitrogens with zero attached hydrogens (tertiary/aromatic N) is 3. The minimum atomic E-state index is -0.534. The predicted molar refractivity (Wildman–Crippen MR) is 62.2 cm³/mol. The first-order valence-electron chi connectivity index (χ1n) is 5.64. The van der Waals surface area contributed by atoms with E-state index in [4.69, 9.17) is 9.47 Å². The molecule has 94 valence electrons. The summed E-state index contributed by atoms with van der Waals surface area (Å²) < 4.78 is 12.6. The maximum atomic E-state index is 9.60. The third kappa shape index (κ3) is 1.91. The van der Waals surface area contributed by atoms with Crippen molar-refractivity contribution in [3.8, 4) is 11.5 Å². The summed E-state index contributed by atoms with van der Waals surface area (Å²) in [6, 6.07) is 5.41. The van der Waals surface area contributed by atoms with Gasteiger partial charge in [-0.1, -0.05) is 0 Å². The van der Waals surface area contributed by atoms with Crippen LogP contribution in [0.4, 0.5) is 0 Å². The van der Waals surface area contributed by atoms with E-state index in [0.29, 0.717) is 24.7 Å². The molecule has 0 saturated carbocycles. The summed E-state index contributed by atoms with van der Waals surface area (Å²) >= 11 is 0. The minimum Gasteiger partial charge on any atom is -0.490 e. The van der Waals surface area contributed by atoms with E-state index in [1.165, 1.54) is 6.33 Å². The van der Waals surface area contributed by atoms with Gasteiger partial charge in [-0.3, -0.25) is 4.68 Å². The van der Waals surface area contributed by atoms with Crippen LogP contribution in [0.2, 0.25) is 0 Å². The number of aliphatic hydroxyl groups excluding tert-OH is 1. The SMILES string of the molecule is Cn1ncnc1COc1ccc2c(c1)OCC2O. The van der Waals surface area contributed by atoms with Crippen LogP contribution in [-0.2, 0) is 13.7 Å². The molecule has 0 bridgehead atoms. The maximum Gasteiger partial charge on any atom is 0.164 e. The third-order valence-corrected chi connectivity index (χ3v) is 2.91. The number of rotatable bonds is 3. The van der Waals surface area contributed by atoms with E-state index in [0.717, 1.165) is 11.4 Å². The van der Waals surface area contributed by atoms with E-state index in [9.17, 15) is 5.11 Å². The van der Waals surface area contributed by atoms with Crippen LogP contribution in [0.5, 0.6) is 11.5 Å². The zero-order valence-electron chi connectivity index (χ0n) is 9.91. The Morgan fingerprint density at radius 3 is 3.22 bits per heavy atom. The summed E-state index contributed by atoms with van der Waals surface area (Å²) in [5, 5.41) is 13.6. The van der Waals surface area contributed by atoms with Crippen molar-refractivity contribution in [2.75, 3.05) is 6.61 Å². The fraction of sp³-hybridized carbons (Fsp3) is 0.333. The molecule has 1 aromatic heterocycles. The van der Waals surface area contributed by atoms with Gasteiger partial charge < -0.3 is 14.6 Å². The number of aliphatic hydroxyl groups is 1. The molecule has 2 heterocycles. The van der Waals surface area contributed by atoms with Gasteiger partial charge in [-0.15, -0.1) is 0 Å². The molecule has 0 saturated heterocycles. The van der Waals surface area contributed by atoms with Gasteiger partial charge in [-0.25, -0.2) is 4.98 Å². The number of benzene rings is 1. The van der Waals surface area contributed by atoms with Gasteiger partial charge >= 0.3 is 0 Å². The molecule has 0 fully saturated rings. The van der Waals surface area contributed by atoms with E-state index in [1.807, 2.05) is 19.2 Å². The Balaban J connectivity index is 1.73. The van der Waals surface area contributed by atoms with E-state index in [1.54, 1.807) is 10.7 Å². The molecule has 1 aliphatic heterocycles. The van der Waals surface area contributed by atoms with Gasteiger partial charge in [-0.05, 0) is 12.1 Å². The molecule has 1 N–H and O–H groups in total. The van der Waals surface area contributed by atoms with Gasteiger partial charge in [0.15, 0.2) is 5.82 Å². The second-order valence-electron chi connectivity index (χ2n) is 4.11. The van der Waals surface area contributed by atoms with Crippen molar-refractivity contribution in [3.05, 3.63) is 35.9 Å². The third-order valence-electron chi connectivity index (χ3n) is 2.91. The number of ether oxygens (including phenoxy) is 2. The number of hydrogen-bond donors (Lipinski definition) is 1. The standard InChI is InChI=1S/C12H13N3O3/c1-15-12(13-7-14-15)6-17-8-2-3-9-10(16)5-18-11(9)4-8/h2-4,7,10,16H,5-6H2,1H3. The predicted octanol–water partition coefficient (Wildman–Crippen LogP) is 0.820. The largest absolute Gasteiger partial charge is 0.490 e. The molecular formula is C12H13N3O3. The van der Waals surface area contributed by atoms with Crippen molar-refractivity contribution in [2.45, 2.75) is 12.7 Å². The molecule has 2 aromatic rings. The lowest BCUT2D eigenvalue weighted by Gasteiger charge is -2.07. The smallest absolute Gasteiger partial charge is 0.164 e. The van der Waals surface area contributed by atoms with Gasteiger partial charge in [0, 0.05) is 18.7 Å². The molecule has 3 rings (SSSR count). The lowest BCUT2D eigenvalue weighted by atomic mass is 10.1. The maximum absolute atomic E-state index is 9.60. The van der Waals surface area contributed by atoms with Gasteiger partial charge in [0.1, 0.15) is 37.1 Å². The molecule has 6 heteroatoms. The van der Waals surface area contributed by atoms with Gasteiger partial charge in [0.25, 0.3) is 0 Å². The Kier molecular flexibility index (Phi) is 2.64. The summed E-state index contributed by atoms with van der Waals surface area (Å²) in [5.74, 6) is 2.11. The number of fused-ring (bicyclic) bond motifs is 1. The lowest BCUT2D eigenvalue weighted by Crippen LogP contribution is -2.04. The molecule has 1 aliphatic rings. The van der Waals surface area contributed by atoms with Gasteiger partial charge in [0.2, 0.25) is 0 Å². The van der Waals surface area contributed by atoms with Crippen molar-refractivity contribution in [1.29, 1.82) is 0 Å². The molecule has 6 nitrogen and oxygen atoms in total. The molecule has 18 heavy (non-hydrogen) atoms. The van der Waals surface area contributed by atoms with Crippen molar-refractivity contribution in [2.24, 2.45) is 7.05 Å². The van der Waals surface area contributed by atoms with Crippen molar-refractivity contribution in [1.82, 2.24) is 14.8 Å². The quantitative estimate of drug-likeness (QED) is 0.869. The Morgan fingerprint density at radius 1 is 1.56 bits per heavy atom. The van der Waals surface area contributed by atoms with Crippen LogP contribution in [0.1, 0.15) is 17.5 Å². The van der Waals surface area contributed by atoms with E-state index in [-0.39, 0.29) is 0 Å². The van der Waals surface area contributed by atoms with Crippen LogP contribution >= 0.6 is 0 Å². The fourth-order valence-corrected chi connectivity index (χ4v) is 1.86. The van der Waals surface area contributed by atoms with Gasteiger partial charge in [-0.2, -0.15) is 5.10 Å². The summed E-state index contributed by atoms with van der Waals surface area (Å²) in [6.07, 6.45) is 0.953. The Morgan fingerprint density at radius 2 is 2.44 bits per heavy atom. The first-order chi connectivity index (χ1) is 8.74. The number of aryl methyl sites for hydroxylation is 1. The Labute approximate surface area is 104 Å². The first kappa shape index (κ1) is 11.0. The van der Waals surface area contributed by atoms with E-state index >= 15 is 0 Å². The Bertz CT molecular complexity index is 567. The van der Waals surface area contributed by atoms with Gasteiger partial charge in [0.05, 0.1) is 0 Å². The van der Waals surface area contributed by atoms with Crippen LogP contribution < -0.4 is 9.47 Å². The Hall–Kier alpha value is -2.08. The summed E-state index contributed by atoms with van der Waals surface area (Å²) in [4.78, 5) is 4.07. The lowest BCUT2D eigenvalue weighted by molar-refractivity contribution is 0.140. The van der Waals surface area contributed by atoms with Crippen LogP contribution in [0, 0.1) is 0 Å². The fourth-order valence-electron chi connectivity index (χ4n) is 1.86. The minimum absolute atomic E-state index is 0.308. The molecule has 1 atom stereocenters. The van der Waals surface area contributed by atoms with Crippen LogP contribution in [0.15, 0.2) is 24.5 Å². The second kappa shape index (κ2) is 4.30. The number of hydrogen-bond acceptors (Lipinski definition) is 5. The molecule has 1 aromatic carbocycles. The van der Waals surface area contributed by atoms with Crippen LogP contribution in [-0.4, -0.2) is 26.5 Å². The van der Waals surface area contributed by atoms with Crippen LogP contribution in [0.3, 0.4) is 0 Å². The molecule has 0 aliphatic carbocycles.